The summed E-state index contributed by atoms with van der Waals surface area (Å²) in [6.07, 6.45) is 3.04. The van der Waals surface area contributed by atoms with Crippen molar-refractivity contribution in [2.45, 2.75) is 24.3 Å². The Labute approximate surface area is 200 Å². The highest BCUT2D eigenvalue weighted by Crippen LogP contribution is 2.21. The normalized spacial score (nSPS) is 12.3. The highest BCUT2D eigenvalue weighted by molar-refractivity contribution is 7.89. The summed E-state index contributed by atoms with van der Waals surface area (Å²) >= 11 is 0. The third-order valence-electron chi connectivity index (χ3n) is 4.87. The van der Waals surface area contributed by atoms with Gasteiger partial charge in [0.15, 0.2) is 0 Å². The summed E-state index contributed by atoms with van der Waals surface area (Å²) in [5, 5.41) is 3.99. The first-order chi connectivity index (χ1) is 16.4. The molecule has 3 rings (SSSR count). The van der Waals surface area contributed by atoms with Gasteiger partial charge in [-0.1, -0.05) is 60.7 Å². The van der Waals surface area contributed by atoms with E-state index in [9.17, 15) is 13.2 Å². The van der Waals surface area contributed by atoms with E-state index < -0.39 is 22.0 Å². The van der Waals surface area contributed by atoms with Gasteiger partial charge in [0.05, 0.1) is 17.2 Å². The molecule has 7 nitrogen and oxygen atoms in total. The molecule has 3 aromatic rings. The van der Waals surface area contributed by atoms with E-state index in [-0.39, 0.29) is 11.3 Å². The van der Waals surface area contributed by atoms with Crippen LogP contribution in [0, 0.1) is 6.92 Å². The molecule has 0 aromatic heterocycles. The zero-order chi connectivity index (χ0) is 24.4. The average molecular weight is 478 g/mol. The van der Waals surface area contributed by atoms with Gasteiger partial charge in [-0.25, -0.2) is 18.6 Å². The molecule has 0 aliphatic heterocycles. The monoisotopic (exact) mass is 477 g/mol. The van der Waals surface area contributed by atoms with Crippen LogP contribution in [0.2, 0.25) is 0 Å². The number of carbonyl (C=O) groups is 1. The van der Waals surface area contributed by atoms with Gasteiger partial charge in [-0.05, 0) is 54.4 Å². The van der Waals surface area contributed by atoms with Gasteiger partial charge in [0.2, 0.25) is 15.9 Å². The third kappa shape index (κ3) is 7.40. The molecule has 3 aromatic carbocycles. The van der Waals surface area contributed by atoms with Crippen LogP contribution >= 0.6 is 0 Å². The Morgan fingerprint density at radius 2 is 1.71 bits per heavy atom. The van der Waals surface area contributed by atoms with Gasteiger partial charge in [0, 0.05) is 6.42 Å². The van der Waals surface area contributed by atoms with Crippen LogP contribution in [0.5, 0.6) is 5.75 Å². The Bertz CT molecular complexity index is 1220. The largest absolute Gasteiger partial charge is 0.490 e. The second kappa shape index (κ2) is 11.9. The van der Waals surface area contributed by atoms with Crippen molar-refractivity contribution >= 4 is 22.1 Å². The van der Waals surface area contributed by atoms with Crippen LogP contribution in [0.1, 0.15) is 29.2 Å². The minimum atomic E-state index is -3.83. The van der Waals surface area contributed by atoms with Crippen molar-refractivity contribution in [3.8, 4) is 5.75 Å². The molecule has 0 aliphatic carbocycles. The van der Waals surface area contributed by atoms with E-state index in [2.05, 4.69) is 21.8 Å². The second-order valence-electron chi connectivity index (χ2n) is 7.56. The van der Waals surface area contributed by atoms with Crippen molar-refractivity contribution in [3.05, 3.63) is 108 Å². The number of hydrazone groups is 1. The van der Waals surface area contributed by atoms with Crippen molar-refractivity contribution in [3.63, 3.8) is 0 Å². The molecule has 0 spiro atoms. The number of benzene rings is 3. The maximum atomic E-state index is 12.9. The number of rotatable bonds is 11. The van der Waals surface area contributed by atoms with Crippen LogP contribution in [0.4, 0.5) is 0 Å². The number of carbonyl (C=O) groups excluding carboxylic acids is 1. The Kier molecular flexibility index (Phi) is 8.73. The topological polar surface area (TPSA) is 96.9 Å². The number of hydrogen-bond acceptors (Lipinski definition) is 5. The molecule has 0 unspecified atom stereocenters. The molecule has 176 valence electrons. The third-order valence-corrected chi connectivity index (χ3v) is 6.36. The van der Waals surface area contributed by atoms with Crippen LogP contribution < -0.4 is 14.9 Å². The van der Waals surface area contributed by atoms with E-state index in [0.717, 1.165) is 11.1 Å². The van der Waals surface area contributed by atoms with Crippen molar-refractivity contribution in [2.75, 3.05) is 6.61 Å². The summed E-state index contributed by atoms with van der Waals surface area (Å²) < 4.78 is 33.9. The van der Waals surface area contributed by atoms with Gasteiger partial charge in [-0.3, -0.25) is 4.79 Å². The molecule has 8 heteroatoms. The zero-order valence-electron chi connectivity index (χ0n) is 18.8. The second-order valence-corrected chi connectivity index (χ2v) is 9.28. The first-order valence-electron chi connectivity index (χ1n) is 10.7. The maximum absolute atomic E-state index is 12.9. The van der Waals surface area contributed by atoms with Crippen LogP contribution in [-0.4, -0.2) is 27.1 Å². The van der Waals surface area contributed by atoms with Crippen LogP contribution in [0.15, 0.2) is 102 Å². The number of nitrogens with one attached hydrogen (secondary N) is 2. The van der Waals surface area contributed by atoms with E-state index in [1.807, 2.05) is 13.0 Å². The van der Waals surface area contributed by atoms with Crippen LogP contribution in [-0.2, 0) is 14.8 Å². The van der Waals surface area contributed by atoms with E-state index >= 15 is 0 Å². The smallest absolute Gasteiger partial charge is 0.242 e. The highest BCUT2D eigenvalue weighted by atomic mass is 32.2. The number of ether oxygens (including phenoxy) is 1. The summed E-state index contributed by atoms with van der Waals surface area (Å²) in [4.78, 5) is 12.7. The molecule has 0 bridgehead atoms. The Morgan fingerprint density at radius 1 is 1.03 bits per heavy atom. The van der Waals surface area contributed by atoms with Gasteiger partial charge in [-0.2, -0.15) is 5.10 Å². The molecule has 34 heavy (non-hydrogen) atoms. The van der Waals surface area contributed by atoms with Gasteiger partial charge < -0.3 is 4.74 Å². The van der Waals surface area contributed by atoms with Crippen molar-refractivity contribution < 1.29 is 17.9 Å². The average Bonchev–Trinajstić information content (AvgIpc) is 2.84. The fraction of sp³-hybridized carbons (Fsp3) is 0.154. The minimum absolute atomic E-state index is 0.124. The fourth-order valence-electron chi connectivity index (χ4n) is 3.10. The quantitative estimate of drug-likeness (QED) is 0.247. The summed E-state index contributed by atoms with van der Waals surface area (Å²) in [7, 11) is -3.83. The van der Waals surface area contributed by atoms with Gasteiger partial charge in [0.1, 0.15) is 12.4 Å². The number of aryl methyl sites for hydroxylation is 1. The summed E-state index contributed by atoms with van der Waals surface area (Å²) in [5.41, 5.74) is 4.86. The predicted molar refractivity (Wildman–Crippen MR) is 133 cm³/mol. The molecule has 0 aliphatic rings. The highest BCUT2D eigenvalue weighted by Gasteiger charge is 2.23. The summed E-state index contributed by atoms with van der Waals surface area (Å²) in [5.74, 6) is 0.273. The van der Waals surface area contributed by atoms with Gasteiger partial charge in [-0.15, -0.1) is 0 Å². The fourth-order valence-corrected chi connectivity index (χ4v) is 4.33. The number of amides is 1. The van der Waals surface area contributed by atoms with Crippen LogP contribution in [0.25, 0.3) is 0 Å². The van der Waals surface area contributed by atoms with Gasteiger partial charge >= 0.3 is 0 Å². The molecule has 0 fully saturated rings. The number of hydrogen-bond donors (Lipinski definition) is 2. The lowest BCUT2D eigenvalue weighted by Crippen LogP contribution is -2.32. The molecule has 2 N–H and O–H groups in total. The Hall–Kier alpha value is -3.75. The molecular formula is C26H27N3O4S. The molecule has 0 saturated carbocycles. The Morgan fingerprint density at radius 3 is 2.35 bits per heavy atom. The SMILES string of the molecule is C=CCOc1ccc(/C=N\NC(=O)C[C@@H](NS(=O)(=O)c2ccc(C)cc2)c2ccccc2)cc1. The lowest BCUT2D eigenvalue weighted by atomic mass is 10.0. The number of nitrogens with zero attached hydrogens (tertiary/aromatic N) is 1. The molecule has 0 heterocycles. The summed E-state index contributed by atoms with van der Waals surface area (Å²) in [6, 6.07) is 21.9. The standard InChI is InChI=1S/C26H27N3O4S/c1-3-17-33-23-13-11-21(12-14-23)19-27-28-26(30)18-25(22-7-5-4-6-8-22)29-34(31,32)24-15-9-20(2)10-16-24/h3-16,19,25,29H,1,17-18H2,2H3,(H,28,30)/b27-19-/t25-/m1/s1. The first kappa shape index (κ1) is 24.9. The maximum Gasteiger partial charge on any atom is 0.242 e. The molecule has 1 amide bonds. The summed E-state index contributed by atoms with van der Waals surface area (Å²) in [6.45, 7) is 5.90. The molecule has 1 atom stereocenters. The van der Waals surface area contributed by atoms with E-state index in [4.69, 9.17) is 4.74 Å². The van der Waals surface area contributed by atoms with E-state index in [0.29, 0.717) is 17.9 Å². The molecule has 0 saturated heterocycles. The van der Waals surface area contributed by atoms with E-state index in [1.165, 1.54) is 18.3 Å². The lowest BCUT2D eigenvalue weighted by molar-refractivity contribution is -0.121. The van der Waals surface area contributed by atoms with Crippen LogP contribution in [0.3, 0.4) is 0 Å². The van der Waals surface area contributed by atoms with Crippen molar-refractivity contribution in [1.82, 2.24) is 10.1 Å². The minimum Gasteiger partial charge on any atom is -0.490 e. The van der Waals surface area contributed by atoms with Crippen molar-refractivity contribution in [2.24, 2.45) is 5.10 Å². The molecule has 0 radical (unpaired) electrons. The van der Waals surface area contributed by atoms with E-state index in [1.54, 1.807) is 66.7 Å². The van der Waals surface area contributed by atoms with Crippen molar-refractivity contribution in [1.29, 1.82) is 0 Å². The Balaban J connectivity index is 1.66. The first-order valence-corrected chi connectivity index (χ1v) is 12.2. The zero-order valence-corrected chi connectivity index (χ0v) is 19.7. The predicted octanol–water partition coefficient (Wildman–Crippen LogP) is 4.12. The van der Waals surface area contributed by atoms with Gasteiger partial charge in [0.25, 0.3) is 0 Å². The molecular weight excluding hydrogens is 450 g/mol. The number of sulfonamides is 1. The lowest BCUT2D eigenvalue weighted by Gasteiger charge is -2.18.